The average molecular weight is 257 g/mol. The van der Waals surface area contributed by atoms with E-state index in [-0.39, 0.29) is 11.4 Å². The third kappa shape index (κ3) is 1.41. The van der Waals surface area contributed by atoms with Crippen LogP contribution in [0.25, 0.3) is 11.5 Å². The molecule has 0 aliphatic carbocycles. The summed E-state index contributed by atoms with van der Waals surface area (Å²) in [6, 6.07) is 2.86. The van der Waals surface area contributed by atoms with Gasteiger partial charge in [-0.25, -0.2) is 5.10 Å². The highest BCUT2D eigenvalue weighted by atomic mass is 79.9. The van der Waals surface area contributed by atoms with Gasteiger partial charge in [0.2, 0.25) is 5.76 Å². The number of nitrogens with one attached hydrogen (secondary N) is 1. The minimum Gasteiger partial charge on any atom is -0.380 e. The number of nitrogens with zero attached hydrogens (tertiary/aromatic N) is 2. The van der Waals surface area contributed by atoms with Gasteiger partial charge in [0.15, 0.2) is 5.82 Å². The zero-order valence-electron chi connectivity index (χ0n) is 6.82. The molecule has 2 heterocycles. The minimum atomic E-state index is -0.280. The summed E-state index contributed by atoms with van der Waals surface area (Å²) in [5, 5.41) is 9.58. The molecule has 3 N–H and O–H groups in total. The Morgan fingerprint density at radius 1 is 1.50 bits per heavy atom. The largest absolute Gasteiger partial charge is 0.380 e. The molecule has 0 saturated carbocycles. The fourth-order valence-electron chi connectivity index (χ4n) is 0.921. The van der Waals surface area contributed by atoms with E-state index >= 15 is 0 Å². The highest BCUT2D eigenvalue weighted by Gasteiger charge is 2.13. The van der Waals surface area contributed by atoms with Gasteiger partial charge in [-0.2, -0.15) is 5.10 Å². The lowest BCUT2D eigenvalue weighted by molar-refractivity contribution is 0.433. The third-order valence-corrected chi connectivity index (χ3v) is 2.34. The van der Waals surface area contributed by atoms with Crippen molar-refractivity contribution >= 4 is 21.7 Å². The van der Waals surface area contributed by atoms with E-state index in [1.165, 1.54) is 12.1 Å². The van der Waals surface area contributed by atoms with Crippen LogP contribution < -0.4 is 11.3 Å². The number of rotatable bonds is 1. The molecule has 7 heteroatoms. The number of halogens is 1. The van der Waals surface area contributed by atoms with E-state index in [1.54, 1.807) is 0 Å². The molecule has 0 aliphatic rings. The van der Waals surface area contributed by atoms with Gasteiger partial charge in [-0.3, -0.25) is 4.79 Å². The monoisotopic (exact) mass is 256 g/mol. The summed E-state index contributed by atoms with van der Waals surface area (Å²) in [6.45, 7) is 0. The molecular formula is C7H5BrN4O2. The molecule has 0 aliphatic heterocycles. The van der Waals surface area contributed by atoms with Gasteiger partial charge in [-0.1, -0.05) is 5.16 Å². The summed E-state index contributed by atoms with van der Waals surface area (Å²) < 4.78 is 5.44. The van der Waals surface area contributed by atoms with E-state index in [9.17, 15) is 4.79 Å². The van der Waals surface area contributed by atoms with E-state index in [0.29, 0.717) is 15.9 Å². The molecule has 72 valence electrons. The van der Waals surface area contributed by atoms with Crippen molar-refractivity contribution in [3.63, 3.8) is 0 Å². The van der Waals surface area contributed by atoms with E-state index in [4.69, 9.17) is 10.3 Å². The van der Waals surface area contributed by atoms with E-state index in [2.05, 4.69) is 31.3 Å². The van der Waals surface area contributed by atoms with Crippen LogP contribution in [0.4, 0.5) is 5.82 Å². The van der Waals surface area contributed by atoms with Crippen molar-refractivity contribution in [3.05, 3.63) is 27.0 Å². The van der Waals surface area contributed by atoms with Gasteiger partial charge >= 0.3 is 0 Å². The van der Waals surface area contributed by atoms with E-state index in [1.807, 2.05) is 0 Å². The second kappa shape index (κ2) is 3.26. The molecule has 6 nitrogen and oxygen atoms in total. The van der Waals surface area contributed by atoms with Gasteiger partial charge in [0, 0.05) is 6.07 Å². The molecule has 0 radical (unpaired) electrons. The van der Waals surface area contributed by atoms with Gasteiger partial charge in [0.05, 0.1) is 0 Å². The van der Waals surface area contributed by atoms with Crippen molar-refractivity contribution in [2.75, 3.05) is 5.73 Å². The number of hydrogen-bond donors (Lipinski definition) is 2. The fraction of sp³-hybridized carbons (Fsp3) is 0. The fourth-order valence-corrected chi connectivity index (χ4v) is 1.27. The molecule has 2 aromatic rings. The first-order valence-electron chi connectivity index (χ1n) is 3.65. The van der Waals surface area contributed by atoms with Gasteiger partial charge in [-0.05, 0) is 22.0 Å². The summed E-state index contributed by atoms with van der Waals surface area (Å²) in [7, 11) is 0. The zero-order valence-corrected chi connectivity index (χ0v) is 8.41. The van der Waals surface area contributed by atoms with Crippen LogP contribution in [0, 0.1) is 0 Å². The maximum atomic E-state index is 10.7. The van der Waals surface area contributed by atoms with Gasteiger partial charge in [0.25, 0.3) is 5.56 Å². The Morgan fingerprint density at radius 3 is 2.79 bits per heavy atom. The molecule has 14 heavy (non-hydrogen) atoms. The van der Waals surface area contributed by atoms with Crippen molar-refractivity contribution in [3.8, 4) is 11.5 Å². The average Bonchev–Trinajstić information content (AvgIpc) is 2.50. The van der Waals surface area contributed by atoms with Crippen molar-refractivity contribution < 1.29 is 4.52 Å². The molecule has 2 rings (SSSR count). The van der Waals surface area contributed by atoms with Gasteiger partial charge < -0.3 is 10.3 Å². The Kier molecular flexibility index (Phi) is 2.08. The number of nitrogen functional groups attached to an aromatic ring is 1. The quantitative estimate of drug-likeness (QED) is 0.786. The maximum Gasteiger partial charge on any atom is 0.264 e. The highest BCUT2D eigenvalue weighted by Crippen LogP contribution is 2.30. The maximum absolute atomic E-state index is 10.7. The Morgan fingerprint density at radius 2 is 2.29 bits per heavy atom. The molecule has 0 amide bonds. The Labute approximate surface area is 86.2 Å². The summed E-state index contributed by atoms with van der Waals surface area (Å²) in [5.74, 6) is 0.631. The topological polar surface area (TPSA) is 97.8 Å². The molecule has 0 unspecified atom stereocenters. The zero-order chi connectivity index (χ0) is 10.1. The van der Waals surface area contributed by atoms with Crippen LogP contribution in [0.2, 0.25) is 0 Å². The van der Waals surface area contributed by atoms with Crippen LogP contribution in [0.3, 0.4) is 0 Å². The molecule has 0 fully saturated rings. The van der Waals surface area contributed by atoms with Crippen LogP contribution in [-0.4, -0.2) is 15.4 Å². The van der Waals surface area contributed by atoms with Gasteiger partial charge in [-0.15, -0.1) is 0 Å². The summed E-state index contributed by atoms with van der Waals surface area (Å²) in [6.07, 6.45) is 0. The van der Waals surface area contributed by atoms with Crippen LogP contribution in [0.1, 0.15) is 0 Å². The van der Waals surface area contributed by atoms with Crippen LogP contribution in [0.15, 0.2) is 25.9 Å². The van der Waals surface area contributed by atoms with Crippen molar-refractivity contribution in [2.45, 2.75) is 0 Å². The van der Waals surface area contributed by atoms with Crippen molar-refractivity contribution in [2.24, 2.45) is 0 Å². The molecular weight excluding hydrogens is 252 g/mol. The second-order valence-electron chi connectivity index (χ2n) is 2.52. The number of nitrogens with two attached hydrogens (primary N) is 1. The third-order valence-electron chi connectivity index (χ3n) is 1.57. The van der Waals surface area contributed by atoms with E-state index < -0.39 is 0 Å². The number of hydrogen-bond acceptors (Lipinski definition) is 5. The lowest BCUT2D eigenvalue weighted by Crippen LogP contribution is -2.05. The minimum absolute atomic E-state index is 0.244. The molecule has 2 aromatic heterocycles. The molecule has 0 spiro atoms. The number of H-pyrrole nitrogens is 1. The number of anilines is 1. The van der Waals surface area contributed by atoms with Crippen molar-refractivity contribution in [1.29, 1.82) is 0 Å². The lowest BCUT2D eigenvalue weighted by Gasteiger charge is -1.92. The predicted octanol–water partition coefficient (Wildman–Crippen LogP) is 0.770. The summed E-state index contributed by atoms with van der Waals surface area (Å²) in [4.78, 5) is 10.7. The van der Waals surface area contributed by atoms with Crippen molar-refractivity contribution in [1.82, 2.24) is 15.4 Å². The Hall–Kier alpha value is -1.63. The Balaban J connectivity index is 2.55. The highest BCUT2D eigenvalue weighted by molar-refractivity contribution is 9.10. The summed E-state index contributed by atoms with van der Waals surface area (Å²) >= 11 is 3.19. The summed E-state index contributed by atoms with van der Waals surface area (Å²) in [5.41, 5.74) is 5.64. The first-order chi connectivity index (χ1) is 6.68. The van der Waals surface area contributed by atoms with Gasteiger partial charge in [0.1, 0.15) is 10.2 Å². The lowest BCUT2D eigenvalue weighted by atomic mass is 10.3. The first-order valence-corrected chi connectivity index (χ1v) is 4.44. The molecule has 0 saturated heterocycles. The normalized spacial score (nSPS) is 10.4. The second-order valence-corrected chi connectivity index (χ2v) is 3.31. The Bertz CT molecular complexity index is 498. The van der Waals surface area contributed by atoms with Crippen LogP contribution in [0.5, 0.6) is 0 Å². The first kappa shape index (κ1) is 8.95. The van der Waals surface area contributed by atoms with Crippen LogP contribution >= 0.6 is 15.9 Å². The van der Waals surface area contributed by atoms with Crippen LogP contribution in [-0.2, 0) is 0 Å². The predicted molar refractivity (Wildman–Crippen MR) is 52.5 cm³/mol. The SMILES string of the molecule is Nc1noc(-c2ccc(=O)[nH]n2)c1Br. The standard InChI is InChI=1S/C7H5BrN4O2/c8-5-6(14-12-7(5)9)3-1-2-4(13)11-10-3/h1-2H,(H2,9,12)(H,11,13). The number of aromatic nitrogens is 3. The smallest absolute Gasteiger partial charge is 0.264 e. The molecule has 0 bridgehead atoms. The van der Waals surface area contributed by atoms with E-state index in [0.717, 1.165) is 0 Å². The molecule has 0 atom stereocenters. The number of aromatic amines is 1. The molecule has 0 aromatic carbocycles.